The SMILES string of the molecule is CCOP(=O)(Cn1c(=O)c(=O)[nH]c2cc(N3CCOCC3)c([N+](=O)[O-])cc21)OCC. The largest absolute Gasteiger partial charge is 0.378 e. The third kappa shape index (κ3) is 4.46. The summed E-state index contributed by atoms with van der Waals surface area (Å²) in [5.74, 6) is 0. The lowest BCUT2D eigenvalue weighted by Gasteiger charge is -2.28. The molecule has 0 aliphatic carbocycles. The maximum atomic E-state index is 13.0. The van der Waals surface area contributed by atoms with Crippen LogP contribution in [0.5, 0.6) is 0 Å². The Morgan fingerprint density at radius 1 is 1.20 bits per heavy atom. The van der Waals surface area contributed by atoms with Gasteiger partial charge in [-0.1, -0.05) is 0 Å². The van der Waals surface area contributed by atoms with Crippen molar-refractivity contribution < 1.29 is 23.3 Å². The van der Waals surface area contributed by atoms with Gasteiger partial charge in [-0.05, 0) is 19.9 Å². The first-order valence-corrected chi connectivity index (χ1v) is 11.2. The molecule has 30 heavy (non-hydrogen) atoms. The Kier molecular flexibility index (Phi) is 6.71. The molecule has 0 atom stereocenters. The Balaban J connectivity index is 2.22. The number of anilines is 1. The molecule has 13 heteroatoms. The number of H-pyrrole nitrogens is 1. The molecular weight excluding hydrogens is 419 g/mol. The number of nitro groups is 1. The molecule has 3 rings (SSSR count). The zero-order valence-corrected chi connectivity index (χ0v) is 17.6. The van der Waals surface area contributed by atoms with Crippen molar-refractivity contribution in [1.29, 1.82) is 0 Å². The predicted octanol–water partition coefficient (Wildman–Crippen LogP) is 1.66. The second-order valence-corrected chi connectivity index (χ2v) is 8.51. The van der Waals surface area contributed by atoms with E-state index in [0.29, 0.717) is 32.0 Å². The lowest BCUT2D eigenvalue weighted by atomic mass is 10.2. The average Bonchev–Trinajstić information content (AvgIpc) is 2.71. The molecule has 1 fully saturated rings. The van der Waals surface area contributed by atoms with Gasteiger partial charge in [0.05, 0.1) is 42.4 Å². The van der Waals surface area contributed by atoms with Crippen molar-refractivity contribution in [2.75, 3.05) is 44.4 Å². The molecule has 0 saturated carbocycles. The first-order valence-electron chi connectivity index (χ1n) is 9.45. The predicted molar refractivity (Wildman–Crippen MR) is 109 cm³/mol. The van der Waals surface area contributed by atoms with E-state index in [9.17, 15) is 24.3 Å². The van der Waals surface area contributed by atoms with Crippen LogP contribution in [0.3, 0.4) is 0 Å². The molecule has 0 bridgehead atoms. The summed E-state index contributed by atoms with van der Waals surface area (Å²) in [7, 11) is -3.76. The van der Waals surface area contributed by atoms with Crippen LogP contribution in [0.2, 0.25) is 0 Å². The molecule has 164 valence electrons. The molecule has 1 aromatic heterocycles. The van der Waals surface area contributed by atoms with Gasteiger partial charge in [-0.15, -0.1) is 0 Å². The molecular formula is C17H23N4O8P. The number of benzene rings is 1. The Bertz CT molecular complexity index is 1100. The minimum atomic E-state index is -3.76. The Morgan fingerprint density at radius 2 is 1.83 bits per heavy atom. The van der Waals surface area contributed by atoms with Crippen LogP contribution in [0.1, 0.15) is 13.8 Å². The van der Waals surface area contributed by atoms with Crippen molar-refractivity contribution >= 4 is 30.0 Å². The minimum absolute atomic E-state index is 0.0583. The van der Waals surface area contributed by atoms with Crippen molar-refractivity contribution in [1.82, 2.24) is 9.55 Å². The monoisotopic (exact) mass is 442 g/mol. The number of hydrogen-bond donors (Lipinski definition) is 1. The van der Waals surface area contributed by atoms with E-state index in [-0.39, 0.29) is 29.9 Å². The average molecular weight is 442 g/mol. The third-order valence-electron chi connectivity index (χ3n) is 4.59. The summed E-state index contributed by atoms with van der Waals surface area (Å²) in [6.07, 6.45) is -0.540. The van der Waals surface area contributed by atoms with Gasteiger partial charge >= 0.3 is 18.7 Å². The van der Waals surface area contributed by atoms with Crippen molar-refractivity contribution in [2.45, 2.75) is 20.1 Å². The van der Waals surface area contributed by atoms with E-state index in [2.05, 4.69) is 4.98 Å². The van der Waals surface area contributed by atoms with Gasteiger partial charge in [0.2, 0.25) is 0 Å². The highest BCUT2D eigenvalue weighted by atomic mass is 31.2. The first kappa shape index (κ1) is 22.2. The molecule has 2 aromatic rings. The van der Waals surface area contributed by atoms with Crippen molar-refractivity contribution in [3.05, 3.63) is 43.0 Å². The van der Waals surface area contributed by atoms with E-state index in [4.69, 9.17) is 13.8 Å². The summed E-state index contributed by atoms with van der Waals surface area (Å²) in [5.41, 5.74) is -1.63. The van der Waals surface area contributed by atoms with Gasteiger partial charge < -0.3 is 23.7 Å². The summed E-state index contributed by atoms with van der Waals surface area (Å²) in [6, 6.07) is 2.64. The molecule has 0 unspecified atom stereocenters. The molecule has 2 heterocycles. The Hall–Kier alpha value is -2.53. The number of ether oxygens (including phenoxy) is 1. The van der Waals surface area contributed by atoms with E-state index in [1.165, 1.54) is 12.1 Å². The van der Waals surface area contributed by atoms with Crippen LogP contribution < -0.4 is 16.0 Å². The molecule has 0 radical (unpaired) electrons. The van der Waals surface area contributed by atoms with E-state index in [1.54, 1.807) is 18.7 Å². The summed E-state index contributed by atoms with van der Waals surface area (Å²) in [5, 5.41) is 11.7. The van der Waals surface area contributed by atoms with Gasteiger partial charge in [0, 0.05) is 19.2 Å². The number of morpholine rings is 1. The number of fused-ring (bicyclic) bond motifs is 1. The van der Waals surface area contributed by atoms with Gasteiger partial charge in [-0.3, -0.25) is 28.8 Å². The van der Waals surface area contributed by atoms with E-state index < -0.39 is 29.9 Å². The molecule has 12 nitrogen and oxygen atoms in total. The zero-order valence-electron chi connectivity index (χ0n) is 16.7. The molecule has 1 saturated heterocycles. The van der Waals surface area contributed by atoms with E-state index in [1.807, 2.05) is 0 Å². The minimum Gasteiger partial charge on any atom is -0.378 e. The number of nitrogens with one attached hydrogen (secondary N) is 1. The summed E-state index contributed by atoms with van der Waals surface area (Å²) < 4.78 is 29.6. The fourth-order valence-electron chi connectivity index (χ4n) is 3.33. The van der Waals surface area contributed by atoms with Gasteiger partial charge in [0.25, 0.3) is 5.69 Å². The number of hydrogen-bond acceptors (Lipinski definition) is 9. The van der Waals surface area contributed by atoms with E-state index >= 15 is 0 Å². The maximum Gasteiger partial charge on any atom is 0.350 e. The standard InChI is InChI=1S/C17H23N4O8P/c1-3-28-30(26,29-4-2)11-20-13-10-15(21(24)25)14(19-5-7-27-8-6-19)9-12(13)18-16(22)17(20)23/h9-10H,3-8,11H2,1-2H3,(H,18,22). The maximum absolute atomic E-state index is 13.0. The summed E-state index contributed by atoms with van der Waals surface area (Å²) in [6.45, 7) is 5.07. The molecule has 0 spiro atoms. The van der Waals surface area contributed by atoms with Crippen LogP contribution >= 0.6 is 7.60 Å². The van der Waals surface area contributed by atoms with Crippen molar-refractivity contribution in [3.8, 4) is 0 Å². The number of aromatic amines is 1. The van der Waals surface area contributed by atoms with Gasteiger partial charge in [-0.2, -0.15) is 0 Å². The normalized spacial score (nSPS) is 14.9. The number of nitro benzene ring substituents is 1. The lowest BCUT2D eigenvalue weighted by Crippen LogP contribution is -2.38. The van der Waals surface area contributed by atoms with Crippen LogP contribution in [0.4, 0.5) is 11.4 Å². The van der Waals surface area contributed by atoms with Crippen LogP contribution in [-0.2, 0) is 24.6 Å². The fourth-order valence-corrected chi connectivity index (χ4v) is 4.98. The second kappa shape index (κ2) is 9.09. The van der Waals surface area contributed by atoms with Crippen LogP contribution in [0.25, 0.3) is 11.0 Å². The van der Waals surface area contributed by atoms with Gasteiger partial charge in [0.15, 0.2) is 0 Å². The molecule has 1 aromatic carbocycles. The highest BCUT2D eigenvalue weighted by molar-refractivity contribution is 7.52. The van der Waals surface area contributed by atoms with Gasteiger partial charge in [-0.25, -0.2) is 0 Å². The summed E-state index contributed by atoms with van der Waals surface area (Å²) in [4.78, 5) is 40.2. The third-order valence-corrected chi connectivity index (χ3v) is 6.52. The van der Waals surface area contributed by atoms with Crippen molar-refractivity contribution in [3.63, 3.8) is 0 Å². The van der Waals surface area contributed by atoms with Crippen LogP contribution in [0.15, 0.2) is 21.7 Å². The topological polar surface area (TPSA) is 146 Å². The van der Waals surface area contributed by atoms with Crippen molar-refractivity contribution in [2.24, 2.45) is 0 Å². The first-order chi connectivity index (χ1) is 14.3. The highest BCUT2D eigenvalue weighted by Crippen LogP contribution is 2.49. The summed E-state index contributed by atoms with van der Waals surface area (Å²) >= 11 is 0. The fraction of sp³-hybridized carbons (Fsp3) is 0.529. The molecule has 1 aliphatic heterocycles. The van der Waals surface area contributed by atoms with Crippen LogP contribution in [0, 0.1) is 10.1 Å². The lowest BCUT2D eigenvalue weighted by molar-refractivity contribution is -0.384. The second-order valence-electron chi connectivity index (χ2n) is 6.49. The quantitative estimate of drug-likeness (QED) is 0.279. The number of aromatic nitrogens is 2. The number of rotatable bonds is 8. The number of nitrogens with zero attached hydrogens (tertiary/aromatic N) is 3. The molecule has 1 N–H and O–H groups in total. The Morgan fingerprint density at radius 3 is 2.40 bits per heavy atom. The smallest absolute Gasteiger partial charge is 0.350 e. The van der Waals surface area contributed by atoms with Crippen LogP contribution in [-0.4, -0.2) is 54.0 Å². The van der Waals surface area contributed by atoms with Gasteiger partial charge in [0.1, 0.15) is 12.0 Å². The molecule has 0 amide bonds. The zero-order chi connectivity index (χ0) is 21.9. The Labute approximate surface area is 171 Å². The molecule has 1 aliphatic rings. The highest BCUT2D eigenvalue weighted by Gasteiger charge is 2.29. The van der Waals surface area contributed by atoms with E-state index in [0.717, 1.165) is 4.57 Å².